The van der Waals surface area contributed by atoms with Crippen molar-refractivity contribution in [1.82, 2.24) is 9.97 Å². The third kappa shape index (κ3) is 2.66. The van der Waals surface area contributed by atoms with E-state index in [0.717, 1.165) is 32.2 Å². The molecule has 1 atom stereocenters. The van der Waals surface area contributed by atoms with Gasteiger partial charge in [-0.05, 0) is 39.0 Å². The Kier molecular flexibility index (Phi) is 3.42. The standard InChI is InChI=1S/C13H19N5O2/c1-9-4-2-3-7-17(9)13-14-8-11(18(19)20)12(16-13)15-10-5-6-10/h8-10H,2-7H2,1H3,(H,14,15,16). The van der Waals surface area contributed by atoms with Gasteiger partial charge in [0.15, 0.2) is 0 Å². The maximum Gasteiger partial charge on any atom is 0.329 e. The van der Waals surface area contributed by atoms with Gasteiger partial charge in [0.2, 0.25) is 11.8 Å². The SMILES string of the molecule is CC1CCCCN1c1ncc([N+](=O)[O-])c(NC2CC2)n1. The summed E-state index contributed by atoms with van der Waals surface area (Å²) in [6.07, 6.45) is 6.89. The smallest absolute Gasteiger partial charge is 0.329 e. The van der Waals surface area contributed by atoms with E-state index in [0.29, 0.717) is 23.8 Å². The summed E-state index contributed by atoms with van der Waals surface area (Å²) >= 11 is 0. The maximum atomic E-state index is 11.0. The van der Waals surface area contributed by atoms with Gasteiger partial charge in [-0.3, -0.25) is 10.1 Å². The predicted octanol–water partition coefficient (Wildman–Crippen LogP) is 2.34. The molecule has 20 heavy (non-hydrogen) atoms. The first kappa shape index (κ1) is 13.1. The van der Waals surface area contributed by atoms with Crippen molar-refractivity contribution in [2.24, 2.45) is 0 Å². The minimum atomic E-state index is -0.422. The van der Waals surface area contributed by atoms with E-state index in [1.807, 2.05) is 0 Å². The summed E-state index contributed by atoms with van der Waals surface area (Å²) < 4.78 is 0. The van der Waals surface area contributed by atoms with Gasteiger partial charge in [0.25, 0.3) is 0 Å². The van der Waals surface area contributed by atoms with E-state index in [-0.39, 0.29) is 5.69 Å². The van der Waals surface area contributed by atoms with Gasteiger partial charge in [-0.1, -0.05) is 0 Å². The molecule has 7 nitrogen and oxygen atoms in total. The summed E-state index contributed by atoms with van der Waals surface area (Å²) in [5.41, 5.74) is -0.0367. The topological polar surface area (TPSA) is 84.2 Å². The molecule has 2 aliphatic rings. The highest BCUT2D eigenvalue weighted by molar-refractivity contribution is 5.58. The first-order chi connectivity index (χ1) is 9.65. The molecule has 0 amide bonds. The zero-order valence-electron chi connectivity index (χ0n) is 11.6. The van der Waals surface area contributed by atoms with E-state index in [1.54, 1.807) is 0 Å². The van der Waals surface area contributed by atoms with Crippen molar-refractivity contribution in [1.29, 1.82) is 0 Å². The number of anilines is 2. The Morgan fingerprint density at radius 2 is 2.20 bits per heavy atom. The second-order valence-corrected chi connectivity index (χ2v) is 5.62. The molecule has 7 heteroatoms. The maximum absolute atomic E-state index is 11.0. The van der Waals surface area contributed by atoms with Crippen molar-refractivity contribution < 1.29 is 4.92 Å². The average Bonchev–Trinajstić information content (AvgIpc) is 3.23. The van der Waals surface area contributed by atoms with Gasteiger partial charge in [-0.15, -0.1) is 0 Å². The monoisotopic (exact) mass is 277 g/mol. The molecular formula is C13H19N5O2. The fourth-order valence-corrected chi connectivity index (χ4v) is 2.56. The summed E-state index contributed by atoms with van der Waals surface area (Å²) in [6.45, 7) is 3.07. The molecule has 108 valence electrons. The molecule has 1 aliphatic carbocycles. The van der Waals surface area contributed by atoms with Gasteiger partial charge in [0, 0.05) is 18.6 Å². The summed E-state index contributed by atoms with van der Waals surface area (Å²) in [4.78, 5) is 21.4. The van der Waals surface area contributed by atoms with Crippen LogP contribution in [0.1, 0.15) is 39.0 Å². The van der Waals surface area contributed by atoms with E-state index >= 15 is 0 Å². The van der Waals surface area contributed by atoms with Crippen LogP contribution in [-0.2, 0) is 0 Å². The molecule has 1 aliphatic heterocycles. The number of nitrogens with one attached hydrogen (secondary N) is 1. The van der Waals surface area contributed by atoms with Crippen LogP contribution in [0.5, 0.6) is 0 Å². The Balaban J connectivity index is 1.89. The van der Waals surface area contributed by atoms with Crippen LogP contribution in [0.15, 0.2) is 6.20 Å². The van der Waals surface area contributed by atoms with Gasteiger partial charge < -0.3 is 10.2 Å². The van der Waals surface area contributed by atoms with Gasteiger partial charge in [0.1, 0.15) is 6.20 Å². The molecule has 0 spiro atoms. The highest BCUT2D eigenvalue weighted by Crippen LogP contribution is 2.31. The molecule has 1 N–H and O–H groups in total. The van der Waals surface area contributed by atoms with Crippen molar-refractivity contribution in [3.05, 3.63) is 16.3 Å². The third-order valence-electron chi connectivity index (χ3n) is 3.93. The summed E-state index contributed by atoms with van der Waals surface area (Å²) in [5, 5.41) is 14.2. The van der Waals surface area contributed by atoms with Crippen molar-refractivity contribution >= 4 is 17.5 Å². The van der Waals surface area contributed by atoms with Crippen LogP contribution in [0.25, 0.3) is 0 Å². The van der Waals surface area contributed by atoms with Crippen molar-refractivity contribution in [2.75, 3.05) is 16.8 Å². The lowest BCUT2D eigenvalue weighted by molar-refractivity contribution is -0.384. The van der Waals surface area contributed by atoms with Crippen molar-refractivity contribution in [2.45, 2.75) is 51.1 Å². The number of nitrogens with zero attached hydrogens (tertiary/aromatic N) is 4. The van der Waals surface area contributed by atoms with E-state index < -0.39 is 4.92 Å². The molecule has 0 aromatic carbocycles. The van der Waals surface area contributed by atoms with E-state index in [4.69, 9.17) is 0 Å². The van der Waals surface area contributed by atoms with E-state index in [9.17, 15) is 10.1 Å². The van der Waals surface area contributed by atoms with Crippen LogP contribution < -0.4 is 10.2 Å². The fraction of sp³-hybridized carbons (Fsp3) is 0.692. The Hall–Kier alpha value is -1.92. The Labute approximate surface area is 117 Å². The lowest BCUT2D eigenvalue weighted by Crippen LogP contribution is -2.38. The normalized spacial score (nSPS) is 22.6. The lowest BCUT2D eigenvalue weighted by atomic mass is 10.0. The molecule has 1 saturated carbocycles. The van der Waals surface area contributed by atoms with Crippen LogP contribution in [0, 0.1) is 10.1 Å². The zero-order chi connectivity index (χ0) is 14.1. The minimum absolute atomic E-state index is 0.0367. The Morgan fingerprint density at radius 1 is 1.40 bits per heavy atom. The Bertz CT molecular complexity index is 517. The summed E-state index contributed by atoms with van der Waals surface area (Å²) in [6, 6.07) is 0.717. The first-order valence-electron chi connectivity index (χ1n) is 7.20. The molecule has 0 radical (unpaired) electrons. The van der Waals surface area contributed by atoms with Crippen LogP contribution in [0.3, 0.4) is 0 Å². The second kappa shape index (κ2) is 5.22. The molecule has 1 saturated heterocycles. The van der Waals surface area contributed by atoms with Crippen LogP contribution in [0.4, 0.5) is 17.5 Å². The molecule has 1 unspecified atom stereocenters. The van der Waals surface area contributed by atoms with Gasteiger partial charge >= 0.3 is 5.69 Å². The summed E-state index contributed by atoms with van der Waals surface area (Å²) in [5.74, 6) is 0.964. The Morgan fingerprint density at radius 3 is 2.85 bits per heavy atom. The van der Waals surface area contributed by atoms with Crippen LogP contribution in [-0.4, -0.2) is 33.5 Å². The minimum Gasteiger partial charge on any atom is -0.361 e. The molecule has 2 heterocycles. The van der Waals surface area contributed by atoms with E-state index in [2.05, 4.69) is 27.1 Å². The zero-order valence-corrected chi connectivity index (χ0v) is 11.6. The summed E-state index contributed by atoms with van der Waals surface area (Å²) in [7, 11) is 0. The quantitative estimate of drug-likeness (QED) is 0.671. The van der Waals surface area contributed by atoms with E-state index in [1.165, 1.54) is 12.6 Å². The predicted molar refractivity (Wildman–Crippen MR) is 76.0 cm³/mol. The van der Waals surface area contributed by atoms with Crippen molar-refractivity contribution in [3.8, 4) is 0 Å². The molecule has 2 fully saturated rings. The molecule has 1 aromatic rings. The van der Waals surface area contributed by atoms with Crippen molar-refractivity contribution in [3.63, 3.8) is 0 Å². The van der Waals surface area contributed by atoms with Gasteiger partial charge in [-0.2, -0.15) is 4.98 Å². The third-order valence-corrected chi connectivity index (χ3v) is 3.93. The van der Waals surface area contributed by atoms with Crippen LogP contribution in [0.2, 0.25) is 0 Å². The van der Waals surface area contributed by atoms with Gasteiger partial charge in [0.05, 0.1) is 4.92 Å². The number of hydrogen-bond donors (Lipinski definition) is 1. The first-order valence-corrected chi connectivity index (χ1v) is 7.20. The second-order valence-electron chi connectivity index (χ2n) is 5.62. The highest BCUT2D eigenvalue weighted by Gasteiger charge is 2.28. The number of rotatable bonds is 4. The highest BCUT2D eigenvalue weighted by atomic mass is 16.6. The number of hydrogen-bond acceptors (Lipinski definition) is 6. The number of aromatic nitrogens is 2. The fourth-order valence-electron chi connectivity index (χ4n) is 2.56. The number of piperidine rings is 1. The molecule has 3 rings (SSSR count). The lowest BCUT2D eigenvalue weighted by Gasteiger charge is -2.33. The van der Waals surface area contributed by atoms with Crippen LogP contribution >= 0.6 is 0 Å². The number of nitro groups is 1. The van der Waals surface area contributed by atoms with Gasteiger partial charge in [-0.25, -0.2) is 4.98 Å². The average molecular weight is 277 g/mol. The molecule has 0 bridgehead atoms. The molecular weight excluding hydrogens is 258 g/mol. The molecule has 1 aromatic heterocycles. The largest absolute Gasteiger partial charge is 0.361 e.